The molecule has 0 bridgehead atoms. The molecule has 1 atom stereocenters. The average molecular weight is 271 g/mol. The van der Waals surface area contributed by atoms with Gasteiger partial charge >= 0.3 is 0 Å². The number of ether oxygens (including phenoxy) is 1. The van der Waals surface area contributed by atoms with Gasteiger partial charge in [-0.2, -0.15) is 0 Å². The van der Waals surface area contributed by atoms with Gasteiger partial charge in [0.05, 0.1) is 17.2 Å². The van der Waals surface area contributed by atoms with Crippen molar-refractivity contribution in [2.45, 2.75) is 32.1 Å². The van der Waals surface area contributed by atoms with Crippen LogP contribution in [-0.4, -0.2) is 7.11 Å². The molecule has 0 aliphatic rings. The van der Waals surface area contributed by atoms with Crippen molar-refractivity contribution >= 4 is 23.2 Å². The van der Waals surface area contributed by atoms with Crippen molar-refractivity contribution in [3.8, 4) is 18.1 Å². The molecule has 1 unspecified atom stereocenters. The van der Waals surface area contributed by atoms with Gasteiger partial charge in [-0.3, -0.25) is 0 Å². The van der Waals surface area contributed by atoms with Gasteiger partial charge in [0.2, 0.25) is 0 Å². The minimum absolute atomic E-state index is 0.311. The normalized spacial score (nSPS) is 11.9. The van der Waals surface area contributed by atoms with Crippen LogP contribution in [-0.2, 0) is 0 Å². The fraction of sp³-hybridized carbons (Fsp3) is 0.429. The van der Waals surface area contributed by atoms with Gasteiger partial charge in [0.25, 0.3) is 0 Å². The molecule has 0 radical (unpaired) electrons. The molecule has 1 aromatic carbocycles. The maximum Gasteiger partial charge on any atom is 0.156 e. The highest BCUT2D eigenvalue weighted by atomic mass is 35.5. The van der Waals surface area contributed by atoms with Crippen LogP contribution in [0.5, 0.6) is 5.75 Å². The lowest BCUT2D eigenvalue weighted by atomic mass is 9.92. The zero-order chi connectivity index (χ0) is 12.8. The molecular weight excluding hydrogens is 255 g/mol. The summed E-state index contributed by atoms with van der Waals surface area (Å²) in [5, 5.41) is 1.07. The first-order chi connectivity index (χ1) is 8.13. The summed E-state index contributed by atoms with van der Waals surface area (Å²) in [6, 6.07) is 3.79. The van der Waals surface area contributed by atoms with Crippen LogP contribution in [0.1, 0.15) is 37.7 Å². The fourth-order valence-electron chi connectivity index (χ4n) is 1.89. The molecule has 1 nitrogen and oxygen atoms in total. The van der Waals surface area contributed by atoms with Gasteiger partial charge in [-0.05, 0) is 30.0 Å². The highest BCUT2D eigenvalue weighted by molar-refractivity contribution is 6.37. The summed E-state index contributed by atoms with van der Waals surface area (Å²) in [6.45, 7) is 2.14. The van der Waals surface area contributed by atoms with Crippen LogP contribution < -0.4 is 4.74 Å². The minimum Gasteiger partial charge on any atom is -0.494 e. The molecule has 1 rings (SSSR count). The first-order valence-electron chi connectivity index (χ1n) is 5.60. The zero-order valence-corrected chi connectivity index (χ0v) is 11.6. The van der Waals surface area contributed by atoms with Crippen LogP contribution >= 0.6 is 23.2 Å². The van der Waals surface area contributed by atoms with Crippen LogP contribution in [0, 0.1) is 12.3 Å². The van der Waals surface area contributed by atoms with Crippen LogP contribution in [0.3, 0.4) is 0 Å². The van der Waals surface area contributed by atoms with E-state index in [0.29, 0.717) is 28.1 Å². The maximum atomic E-state index is 6.12. The SMILES string of the molecule is C#CCC(CCC)c1cc(Cl)c(OC)c(Cl)c1. The summed E-state index contributed by atoms with van der Waals surface area (Å²) in [5.41, 5.74) is 1.08. The van der Waals surface area contributed by atoms with Crippen molar-refractivity contribution in [3.05, 3.63) is 27.7 Å². The van der Waals surface area contributed by atoms with E-state index >= 15 is 0 Å². The van der Waals surface area contributed by atoms with Crippen LogP contribution in [0.15, 0.2) is 12.1 Å². The Morgan fingerprint density at radius 3 is 2.35 bits per heavy atom. The predicted molar refractivity (Wildman–Crippen MR) is 74.1 cm³/mol. The van der Waals surface area contributed by atoms with Gasteiger partial charge in [0.1, 0.15) is 0 Å². The molecule has 92 valence electrons. The maximum absolute atomic E-state index is 6.12. The number of halogens is 2. The van der Waals surface area contributed by atoms with E-state index in [1.54, 1.807) is 7.11 Å². The highest BCUT2D eigenvalue weighted by Gasteiger charge is 2.14. The van der Waals surface area contributed by atoms with Gasteiger partial charge in [-0.1, -0.05) is 36.5 Å². The van der Waals surface area contributed by atoms with E-state index in [1.807, 2.05) is 12.1 Å². The molecule has 0 heterocycles. The van der Waals surface area contributed by atoms with Crippen molar-refractivity contribution in [1.82, 2.24) is 0 Å². The molecule has 0 spiro atoms. The van der Waals surface area contributed by atoms with Crippen molar-refractivity contribution in [1.29, 1.82) is 0 Å². The Kier molecular flexibility index (Phi) is 5.68. The van der Waals surface area contributed by atoms with Crippen molar-refractivity contribution in [2.75, 3.05) is 7.11 Å². The molecule has 0 fully saturated rings. The van der Waals surface area contributed by atoms with Gasteiger partial charge in [-0.15, -0.1) is 12.3 Å². The molecular formula is C14H16Cl2O. The Labute approximate surface area is 113 Å². The number of benzene rings is 1. The molecule has 17 heavy (non-hydrogen) atoms. The summed E-state index contributed by atoms with van der Waals surface area (Å²) in [6.07, 6.45) is 8.20. The molecule has 0 saturated heterocycles. The summed E-state index contributed by atoms with van der Waals surface area (Å²) in [5.74, 6) is 3.53. The van der Waals surface area contributed by atoms with Gasteiger partial charge in [0, 0.05) is 6.42 Å². The molecule has 3 heteroatoms. The Morgan fingerprint density at radius 1 is 1.35 bits per heavy atom. The molecule has 0 amide bonds. The number of terminal acetylenes is 1. The average Bonchev–Trinajstić information content (AvgIpc) is 2.28. The molecule has 0 aliphatic heterocycles. The van der Waals surface area contributed by atoms with E-state index in [9.17, 15) is 0 Å². The highest BCUT2D eigenvalue weighted by Crippen LogP contribution is 2.37. The number of methoxy groups -OCH3 is 1. The summed E-state index contributed by atoms with van der Waals surface area (Å²) in [7, 11) is 1.55. The zero-order valence-electron chi connectivity index (χ0n) is 10.1. The van der Waals surface area contributed by atoms with Gasteiger partial charge < -0.3 is 4.74 Å². The minimum atomic E-state index is 0.311. The fourth-order valence-corrected chi connectivity index (χ4v) is 2.55. The Bertz CT molecular complexity index is 398. The third kappa shape index (κ3) is 3.56. The van der Waals surface area contributed by atoms with Crippen LogP contribution in [0.2, 0.25) is 10.0 Å². The molecule has 0 aliphatic carbocycles. The quantitative estimate of drug-likeness (QED) is 0.691. The molecule has 0 aromatic heterocycles. The summed E-state index contributed by atoms with van der Waals surface area (Å²) >= 11 is 12.2. The molecule has 1 aromatic rings. The van der Waals surface area contributed by atoms with E-state index in [-0.39, 0.29) is 0 Å². The standard InChI is InChI=1S/C14H16Cl2O/c1-4-6-10(7-5-2)11-8-12(15)14(17-3)13(16)9-11/h1,8-10H,5-7H2,2-3H3. The number of rotatable bonds is 5. The Morgan fingerprint density at radius 2 is 1.94 bits per heavy atom. The Hall–Kier alpha value is -0.840. The van der Waals surface area contributed by atoms with Crippen molar-refractivity contribution in [3.63, 3.8) is 0 Å². The predicted octanol–water partition coefficient (Wildman–Crippen LogP) is 4.91. The first-order valence-corrected chi connectivity index (χ1v) is 6.36. The van der Waals surface area contributed by atoms with Gasteiger partial charge in [0.15, 0.2) is 5.75 Å². The first kappa shape index (κ1) is 14.2. The second-order valence-corrected chi connectivity index (χ2v) is 4.73. The topological polar surface area (TPSA) is 9.23 Å². The van der Waals surface area contributed by atoms with Crippen LogP contribution in [0.4, 0.5) is 0 Å². The molecule has 0 N–H and O–H groups in total. The second-order valence-electron chi connectivity index (χ2n) is 3.91. The second kappa shape index (κ2) is 6.79. The van der Waals surface area contributed by atoms with E-state index < -0.39 is 0 Å². The number of hydrogen-bond donors (Lipinski definition) is 0. The van der Waals surface area contributed by atoms with E-state index in [2.05, 4.69) is 12.8 Å². The lowest BCUT2D eigenvalue weighted by Gasteiger charge is -2.16. The van der Waals surface area contributed by atoms with E-state index in [4.69, 9.17) is 34.4 Å². The number of hydrogen-bond acceptors (Lipinski definition) is 1. The lowest BCUT2D eigenvalue weighted by Crippen LogP contribution is -1.99. The van der Waals surface area contributed by atoms with Gasteiger partial charge in [-0.25, -0.2) is 0 Å². The van der Waals surface area contributed by atoms with E-state index in [1.165, 1.54) is 0 Å². The van der Waals surface area contributed by atoms with E-state index in [0.717, 1.165) is 18.4 Å². The largest absolute Gasteiger partial charge is 0.494 e. The van der Waals surface area contributed by atoms with Crippen molar-refractivity contribution in [2.24, 2.45) is 0 Å². The monoisotopic (exact) mass is 270 g/mol. The third-order valence-corrected chi connectivity index (χ3v) is 3.26. The molecule has 0 saturated carbocycles. The third-order valence-electron chi connectivity index (χ3n) is 2.70. The smallest absolute Gasteiger partial charge is 0.156 e. The van der Waals surface area contributed by atoms with Crippen LogP contribution in [0.25, 0.3) is 0 Å². The Balaban J connectivity index is 3.09. The summed E-state index contributed by atoms with van der Waals surface area (Å²) < 4.78 is 5.13. The lowest BCUT2D eigenvalue weighted by molar-refractivity contribution is 0.415. The summed E-state index contributed by atoms with van der Waals surface area (Å²) in [4.78, 5) is 0. The van der Waals surface area contributed by atoms with Crippen molar-refractivity contribution < 1.29 is 4.74 Å².